The number of nitrogens with zero attached hydrogens (tertiary/aromatic N) is 4. The number of hydrogen-bond acceptors (Lipinski definition) is 6. The summed E-state index contributed by atoms with van der Waals surface area (Å²) in [6.07, 6.45) is 2.93. The van der Waals surface area contributed by atoms with Gasteiger partial charge in [-0.15, -0.1) is 0 Å². The van der Waals surface area contributed by atoms with E-state index in [4.69, 9.17) is 0 Å². The molecule has 0 unspecified atom stereocenters. The first-order valence-electron chi connectivity index (χ1n) is 10.9. The van der Waals surface area contributed by atoms with Gasteiger partial charge in [0, 0.05) is 39.3 Å². The van der Waals surface area contributed by atoms with Crippen LogP contribution in [0.2, 0.25) is 0 Å². The molecule has 1 fully saturated rings. The van der Waals surface area contributed by atoms with Crippen molar-refractivity contribution in [3.63, 3.8) is 0 Å². The Morgan fingerprint density at radius 3 is 2.33 bits per heavy atom. The van der Waals surface area contributed by atoms with E-state index >= 15 is 0 Å². The van der Waals surface area contributed by atoms with E-state index in [1.807, 2.05) is 18.2 Å². The zero-order chi connectivity index (χ0) is 23.4. The fourth-order valence-electron chi connectivity index (χ4n) is 4.18. The van der Waals surface area contributed by atoms with Crippen LogP contribution in [0.4, 0.5) is 0 Å². The molecule has 172 valence electrons. The molecule has 1 N–H and O–H groups in total. The fourth-order valence-corrected chi connectivity index (χ4v) is 5.75. The largest absolute Gasteiger partial charge is 0.508 e. The van der Waals surface area contributed by atoms with Crippen LogP contribution >= 0.6 is 0 Å². The fraction of sp³-hybridized carbons (Fsp3) is 0.333. The van der Waals surface area contributed by atoms with Crippen LogP contribution in [0, 0.1) is 11.3 Å². The summed E-state index contributed by atoms with van der Waals surface area (Å²) in [4.78, 5) is 16.6. The molecule has 1 saturated heterocycles. The first-order valence-corrected chi connectivity index (χ1v) is 12.3. The number of aromatic hydroxyl groups is 1. The maximum atomic E-state index is 13.0. The predicted molar refractivity (Wildman–Crippen MR) is 124 cm³/mol. The van der Waals surface area contributed by atoms with E-state index in [0.717, 1.165) is 18.5 Å². The molecule has 0 saturated carbocycles. The Kier molecular flexibility index (Phi) is 6.79. The van der Waals surface area contributed by atoms with Crippen LogP contribution in [-0.2, 0) is 14.8 Å². The molecule has 0 aliphatic carbocycles. The second-order valence-electron chi connectivity index (χ2n) is 8.15. The van der Waals surface area contributed by atoms with Gasteiger partial charge >= 0.3 is 0 Å². The van der Waals surface area contributed by atoms with E-state index < -0.39 is 10.0 Å². The average Bonchev–Trinajstić information content (AvgIpc) is 2.85. The Labute approximate surface area is 194 Å². The third kappa shape index (κ3) is 5.09. The number of nitriles is 1. The molecule has 33 heavy (non-hydrogen) atoms. The SMILES string of the molecule is N#Cc1ccccc1S(=O)(=O)N1CCN(C(=O)CN2CC=C(c3ccc(O)cc3)CC2)CC1. The highest BCUT2D eigenvalue weighted by Crippen LogP contribution is 2.24. The summed E-state index contributed by atoms with van der Waals surface area (Å²) in [7, 11) is -3.78. The standard InChI is InChI=1S/C24H26N4O4S/c25-17-21-3-1-2-4-23(21)33(31,32)28-15-13-27(14-16-28)24(30)18-26-11-9-20(10-12-26)19-5-7-22(29)8-6-19/h1-9,29H,10-16,18H2. The number of sulfonamides is 1. The lowest BCUT2D eigenvalue weighted by Gasteiger charge is -2.35. The number of phenolic OH excluding ortho intramolecular Hbond substituents is 1. The molecule has 0 radical (unpaired) electrons. The third-order valence-electron chi connectivity index (χ3n) is 6.11. The van der Waals surface area contributed by atoms with Gasteiger partial charge in [0.05, 0.1) is 17.0 Å². The summed E-state index contributed by atoms with van der Waals surface area (Å²) in [6.45, 7) is 2.80. The minimum Gasteiger partial charge on any atom is -0.508 e. The van der Waals surface area contributed by atoms with Crippen LogP contribution < -0.4 is 0 Å². The van der Waals surface area contributed by atoms with Crippen molar-refractivity contribution in [2.75, 3.05) is 45.8 Å². The summed E-state index contributed by atoms with van der Waals surface area (Å²) >= 11 is 0. The number of phenols is 1. The predicted octanol–water partition coefficient (Wildman–Crippen LogP) is 1.89. The molecule has 1 amide bonds. The molecule has 0 aromatic heterocycles. The van der Waals surface area contributed by atoms with Crippen LogP contribution in [0.3, 0.4) is 0 Å². The van der Waals surface area contributed by atoms with Crippen molar-refractivity contribution in [2.24, 2.45) is 0 Å². The van der Waals surface area contributed by atoms with Gasteiger partial charge in [0.15, 0.2) is 0 Å². The lowest BCUT2D eigenvalue weighted by atomic mass is 9.99. The Balaban J connectivity index is 1.31. The van der Waals surface area contributed by atoms with Gasteiger partial charge in [-0.2, -0.15) is 9.57 Å². The van der Waals surface area contributed by atoms with E-state index in [-0.39, 0.29) is 35.2 Å². The van der Waals surface area contributed by atoms with E-state index in [1.165, 1.54) is 22.0 Å². The van der Waals surface area contributed by atoms with Crippen molar-refractivity contribution in [1.29, 1.82) is 5.26 Å². The maximum Gasteiger partial charge on any atom is 0.244 e. The molecule has 0 atom stereocenters. The molecule has 8 nitrogen and oxygen atoms in total. The summed E-state index contributed by atoms with van der Waals surface area (Å²) in [5.74, 6) is 0.232. The van der Waals surface area contributed by atoms with Gasteiger partial charge in [0.1, 0.15) is 11.8 Å². The van der Waals surface area contributed by atoms with Crippen LogP contribution in [0.15, 0.2) is 59.5 Å². The van der Waals surface area contributed by atoms with E-state index in [9.17, 15) is 23.6 Å². The number of carbonyl (C=O) groups is 1. The topological polar surface area (TPSA) is 105 Å². The maximum absolute atomic E-state index is 13.0. The van der Waals surface area contributed by atoms with Crippen molar-refractivity contribution < 1.29 is 18.3 Å². The van der Waals surface area contributed by atoms with E-state index in [0.29, 0.717) is 26.2 Å². The monoisotopic (exact) mass is 466 g/mol. The number of amides is 1. The molecule has 2 aromatic rings. The Morgan fingerprint density at radius 2 is 1.70 bits per heavy atom. The first-order chi connectivity index (χ1) is 15.9. The minimum atomic E-state index is -3.78. The number of rotatable bonds is 5. The Morgan fingerprint density at radius 1 is 1.00 bits per heavy atom. The normalized spacial score (nSPS) is 17.9. The Hall–Kier alpha value is -3.19. The average molecular weight is 467 g/mol. The van der Waals surface area contributed by atoms with Gasteiger partial charge < -0.3 is 10.0 Å². The van der Waals surface area contributed by atoms with E-state index in [2.05, 4.69) is 11.0 Å². The number of hydrogen-bond donors (Lipinski definition) is 1. The van der Waals surface area contributed by atoms with E-state index in [1.54, 1.807) is 29.2 Å². The number of piperazine rings is 1. The minimum absolute atomic E-state index is 0.00837. The van der Waals surface area contributed by atoms with Crippen LogP contribution in [0.25, 0.3) is 5.57 Å². The molecule has 9 heteroatoms. The lowest BCUT2D eigenvalue weighted by molar-refractivity contribution is -0.133. The molecule has 4 rings (SSSR count). The van der Waals surface area contributed by atoms with Crippen molar-refractivity contribution >= 4 is 21.5 Å². The van der Waals surface area contributed by atoms with Gasteiger partial charge in [0.25, 0.3) is 0 Å². The molecule has 2 aliphatic rings. The molecule has 2 heterocycles. The van der Waals surface area contributed by atoms with Gasteiger partial charge in [-0.3, -0.25) is 9.69 Å². The summed E-state index contributed by atoms with van der Waals surface area (Å²) in [5, 5.41) is 18.7. The van der Waals surface area contributed by atoms with Crippen LogP contribution in [-0.4, -0.2) is 79.3 Å². The van der Waals surface area contributed by atoms with Gasteiger partial charge in [0.2, 0.25) is 15.9 Å². The molecule has 0 spiro atoms. The Bertz CT molecular complexity index is 1190. The first kappa shape index (κ1) is 23.0. The second kappa shape index (κ2) is 9.75. The molecular formula is C24H26N4O4S. The van der Waals surface area contributed by atoms with Crippen molar-refractivity contribution in [2.45, 2.75) is 11.3 Å². The van der Waals surface area contributed by atoms with Gasteiger partial charge in [-0.25, -0.2) is 8.42 Å². The molecule has 2 aromatic carbocycles. The second-order valence-corrected chi connectivity index (χ2v) is 10.1. The van der Waals surface area contributed by atoms with Crippen LogP contribution in [0.1, 0.15) is 17.5 Å². The summed E-state index contributed by atoms with van der Waals surface area (Å²) in [5.41, 5.74) is 2.41. The molecule has 2 aliphatic heterocycles. The molecule has 0 bridgehead atoms. The zero-order valence-corrected chi connectivity index (χ0v) is 19.0. The zero-order valence-electron chi connectivity index (χ0n) is 18.2. The highest BCUT2D eigenvalue weighted by atomic mass is 32.2. The van der Waals surface area contributed by atoms with Crippen LogP contribution in [0.5, 0.6) is 5.75 Å². The quantitative estimate of drug-likeness (QED) is 0.722. The number of benzene rings is 2. The van der Waals surface area contributed by atoms with Crippen molar-refractivity contribution in [1.82, 2.24) is 14.1 Å². The van der Waals surface area contributed by atoms with Gasteiger partial charge in [-0.05, 0) is 41.8 Å². The van der Waals surface area contributed by atoms with Crippen molar-refractivity contribution in [3.8, 4) is 11.8 Å². The highest BCUT2D eigenvalue weighted by molar-refractivity contribution is 7.89. The smallest absolute Gasteiger partial charge is 0.244 e. The number of carbonyl (C=O) groups excluding carboxylic acids is 1. The summed E-state index contributed by atoms with van der Waals surface area (Å²) < 4.78 is 27.3. The van der Waals surface area contributed by atoms with Crippen molar-refractivity contribution in [3.05, 3.63) is 65.7 Å². The highest BCUT2D eigenvalue weighted by Gasteiger charge is 2.32. The summed E-state index contributed by atoms with van der Waals surface area (Å²) in [6, 6.07) is 15.2. The lowest BCUT2D eigenvalue weighted by Crippen LogP contribution is -2.52. The van der Waals surface area contributed by atoms with Gasteiger partial charge in [-0.1, -0.05) is 30.3 Å². The third-order valence-corrected chi connectivity index (χ3v) is 8.06. The molecular weight excluding hydrogens is 440 g/mol.